The topological polar surface area (TPSA) is 51.8 Å². The molecular weight excluding hydrogens is 1210 g/mol. The minimum atomic E-state index is -3.06. The Morgan fingerprint density at radius 2 is 0.922 bits per heavy atom. The van der Waals surface area contributed by atoms with Crippen LogP contribution >= 0.6 is 18.0 Å². The molecule has 90 heavy (non-hydrogen) atoms. The van der Waals surface area contributed by atoms with Crippen molar-refractivity contribution < 1.29 is 0 Å². The standard InChI is InChI=1S/C83H59IN6/c1-55-24-7-3-8-25-56-26-15-20-39-75(56)88(55)78-49-45-62(83-86-81(57-27-9-4-10-28-57)85-82(87-83)61-29-23-34-65(50-61)90-76-40-21-17-36-67(76)68-37-18-22-41-77(68)90)53-70(78)60-44-48-79-72(52-60)69-46-42-59(54-80(69)89(79)64-32-13-6-14-33-64)58-43-47-74-71(51-58)66-35-16-19-38-73(66)84(74,2)63-30-11-5-12-31-63/h3-24,26-55H,2,25H2,1H3/b8-3-,24-7-. The Bertz CT molecular complexity index is 5410. The van der Waals surface area contributed by atoms with Crippen LogP contribution in [-0.4, -0.2) is 34.6 Å². The first-order chi connectivity index (χ1) is 44.4. The summed E-state index contributed by atoms with van der Waals surface area (Å²) >= 11 is -3.06. The van der Waals surface area contributed by atoms with Gasteiger partial charge in [-0.3, -0.25) is 0 Å². The SMILES string of the molecule is C=I1(c2ccccc2)c2ccccc2-c2cc(-c3ccc4c5cc(-c6cc(-c7nc(-c8ccccc8)nc(-c8cccc(-n9c%10ccccc%10c%10ccccc%109)c8)n7)ccc6N6c7ccccc7C/C=C\C=C/C6C)ccc5n(-c5ccccc5)c4c3)ccc21. The maximum atomic E-state index is 5.46. The number of nitrogens with zero attached hydrogens (tertiary/aromatic N) is 6. The summed E-state index contributed by atoms with van der Waals surface area (Å²) in [5, 5.41) is 4.76. The third-order valence-corrected chi connectivity index (χ3v) is 26.8. The summed E-state index contributed by atoms with van der Waals surface area (Å²) in [6.45, 7) is 2.29. The first kappa shape index (κ1) is 53.4. The molecule has 0 amide bonds. The molecule has 3 aromatic heterocycles. The predicted octanol–water partition coefficient (Wildman–Crippen LogP) is 21.0. The number of para-hydroxylation sites is 4. The van der Waals surface area contributed by atoms with E-state index in [9.17, 15) is 0 Å². The average molecular weight is 1270 g/mol. The third kappa shape index (κ3) is 8.82. The van der Waals surface area contributed by atoms with Crippen LogP contribution in [0.3, 0.4) is 0 Å². The van der Waals surface area contributed by atoms with Crippen LogP contribution in [-0.2, 0) is 6.42 Å². The fourth-order valence-corrected chi connectivity index (χ4v) is 22.0. The molecule has 0 aliphatic carbocycles. The normalized spacial score (nSPS) is 16.6. The number of hydrogen-bond donors (Lipinski definition) is 0. The Kier molecular flexibility index (Phi) is 12.9. The van der Waals surface area contributed by atoms with Gasteiger partial charge < -0.3 is 9.47 Å². The molecule has 428 valence electrons. The molecule has 0 fully saturated rings. The number of benzene rings is 12. The van der Waals surface area contributed by atoms with Crippen LogP contribution in [0.5, 0.6) is 0 Å². The number of halogens is 1. The van der Waals surface area contributed by atoms with Gasteiger partial charge in [0.05, 0.1) is 11.0 Å². The number of allylic oxidation sites excluding steroid dienone is 3. The monoisotopic (exact) mass is 1270 g/mol. The van der Waals surface area contributed by atoms with Crippen molar-refractivity contribution in [3.63, 3.8) is 0 Å². The van der Waals surface area contributed by atoms with Crippen molar-refractivity contribution in [2.75, 3.05) is 4.90 Å². The summed E-state index contributed by atoms with van der Waals surface area (Å²) < 4.78 is 14.1. The van der Waals surface area contributed by atoms with E-state index in [1.807, 2.05) is 18.2 Å². The fraction of sp³-hybridized carbons (Fsp3) is 0.0361. The Morgan fingerprint density at radius 3 is 1.71 bits per heavy atom. The summed E-state index contributed by atoms with van der Waals surface area (Å²) in [7, 11) is 0. The summed E-state index contributed by atoms with van der Waals surface area (Å²) in [5.41, 5.74) is 20.0. The van der Waals surface area contributed by atoms with E-state index in [0.29, 0.717) is 17.5 Å². The van der Waals surface area contributed by atoms with Crippen molar-refractivity contribution >= 4 is 77.5 Å². The Morgan fingerprint density at radius 1 is 0.367 bits per heavy atom. The van der Waals surface area contributed by atoms with Crippen molar-refractivity contribution in [1.82, 2.24) is 24.1 Å². The van der Waals surface area contributed by atoms with E-state index in [0.717, 1.165) is 78.8 Å². The first-order valence-corrected chi connectivity index (χ1v) is 35.5. The Labute approximate surface area is 526 Å². The van der Waals surface area contributed by atoms with E-state index in [1.165, 1.54) is 60.4 Å². The minimum absolute atomic E-state index is 0.00463. The molecule has 2 aliphatic rings. The third-order valence-electron chi connectivity index (χ3n) is 18.1. The summed E-state index contributed by atoms with van der Waals surface area (Å²) in [6, 6.07) is 104. The van der Waals surface area contributed by atoms with Crippen molar-refractivity contribution in [1.29, 1.82) is 0 Å². The molecule has 15 aromatic rings. The second kappa shape index (κ2) is 21.8. The Hall–Kier alpha value is -10.9. The maximum absolute atomic E-state index is 5.46. The van der Waals surface area contributed by atoms with Gasteiger partial charge in [-0.2, -0.15) is 0 Å². The van der Waals surface area contributed by atoms with Gasteiger partial charge in [0, 0.05) is 50.6 Å². The van der Waals surface area contributed by atoms with Crippen molar-refractivity contribution in [3.05, 3.63) is 326 Å². The van der Waals surface area contributed by atoms with Gasteiger partial charge in [-0.05, 0) is 67.4 Å². The first-order valence-electron chi connectivity index (χ1n) is 30.7. The molecule has 2 atom stereocenters. The van der Waals surface area contributed by atoms with Gasteiger partial charge in [0.2, 0.25) is 0 Å². The van der Waals surface area contributed by atoms with Crippen LogP contribution in [0.1, 0.15) is 12.5 Å². The second-order valence-electron chi connectivity index (χ2n) is 23.4. The van der Waals surface area contributed by atoms with Crippen LogP contribution in [0, 0.1) is 10.7 Å². The molecule has 6 nitrogen and oxygen atoms in total. The zero-order valence-electron chi connectivity index (χ0n) is 49.5. The zero-order valence-corrected chi connectivity index (χ0v) is 51.7. The van der Waals surface area contributed by atoms with Crippen LogP contribution < -0.4 is 4.90 Å². The molecule has 17 rings (SSSR count). The molecule has 2 unspecified atom stereocenters. The van der Waals surface area contributed by atoms with E-state index >= 15 is 0 Å². The zero-order chi connectivity index (χ0) is 59.9. The van der Waals surface area contributed by atoms with Crippen LogP contribution in [0.15, 0.2) is 309 Å². The summed E-state index contributed by atoms with van der Waals surface area (Å²) in [5.74, 6) is 1.79. The predicted molar refractivity (Wildman–Crippen MR) is 385 cm³/mol. The molecule has 7 heteroatoms. The van der Waals surface area contributed by atoms with Gasteiger partial charge in [-0.15, -0.1) is 0 Å². The molecule has 5 heterocycles. The molecule has 12 aromatic carbocycles. The van der Waals surface area contributed by atoms with E-state index < -0.39 is 18.0 Å². The molecular formula is C83H59IN6. The van der Waals surface area contributed by atoms with E-state index in [1.54, 1.807) is 0 Å². The van der Waals surface area contributed by atoms with Gasteiger partial charge >= 0.3 is 238 Å². The molecule has 0 saturated carbocycles. The Balaban J connectivity index is 0.852. The second-order valence-corrected chi connectivity index (χ2v) is 30.8. The molecule has 0 bridgehead atoms. The van der Waals surface area contributed by atoms with E-state index in [-0.39, 0.29) is 6.04 Å². The van der Waals surface area contributed by atoms with Crippen molar-refractivity contribution in [2.24, 2.45) is 0 Å². The fourth-order valence-electron chi connectivity index (χ4n) is 13.9. The van der Waals surface area contributed by atoms with Gasteiger partial charge in [0.1, 0.15) is 0 Å². The van der Waals surface area contributed by atoms with Crippen LogP contribution in [0.2, 0.25) is 0 Å². The van der Waals surface area contributed by atoms with Gasteiger partial charge in [0.15, 0.2) is 17.5 Å². The number of aromatic nitrogens is 5. The van der Waals surface area contributed by atoms with E-state index in [2.05, 4.69) is 312 Å². The molecule has 0 spiro atoms. The molecule has 0 saturated heterocycles. The van der Waals surface area contributed by atoms with Gasteiger partial charge in [-0.25, -0.2) is 15.0 Å². The molecule has 2 aliphatic heterocycles. The van der Waals surface area contributed by atoms with Gasteiger partial charge in [-0.1, -0.05) is 121 Å². The average Bonchev–Trinajstić information content (AvgIpc) is 1.66. The number of rotatable bonds is 9. The van der Waals surface area contributed by atoms with Crippen LogP contribution in [0.25, 0.3) is 123 Å². The molecule has 0 radical (unpaired) electrons. The number of anilines is 2. The number of hydrogen-bond acceptors (Lipinski definition) is 4. The van der Waals surface area contributed by atoms with E-state index in [4.69, 9.17) is 19.5 Å². The number of fused-ring (bicyclic) bond motifs is 10. The van der Waals surface area contributed by atoms with Gasteiger partial charge in [0.25, 0.3) is 0 Å². The molecule has 0 N–H and O–H groups in total. The quantitative estimate of drug-likeness (QED) is 0.135. The van der Waals surface area contributed by atoms with Crippen molar-refractivity contribution in [2.45, 2.75) is 19.4 Å². The van der Waals surface area contributed by atoms with Crippen LogP contribution in [0.4, 0.5) is 11.4 Å². The summed E-state index contributed by atoms with van der Waals surface area (Å²) in [4.78, 5) is 18.6. The summed E-state index contributed by atoms with van der Waals surface area (Å²) in [6.07, 6.45) is 9.72. The van der Waals surface area contributed by atoms with Crippen molar-refractivity contribution in [3.8, 4) is 78.9 Å².